The van der Waals surface area contributed by atoms with Gasteiger partial charge < -0.3 is 15.2 Å². The monoisotopic (exact) mass is 413 g/mol. The second-order valence-electron chi connectivity index (χ2n) is 7.33. The lowest BCUT2D eigenvalue weighted by molar-refractivity contribution is 0.0513. The average Bonchev–Trinajstić information content (AvgIpc) is 3.17. The molecule has 0 saturated carbocycles. The lowest BCUT2D eigenvalue weighted by Crippen LogP contribution is -2.27. The molecule has 2 N–H and O–H groups in total. The number of ether oxygens (including phenoxy) is 2. The van der Waals surface area contributed by atoms with Crippen LogP contribution in [-0.4, -0.2) is 44.5 Å². The normalized spacial score (nSPS) is 11.2. The minimum absolute atomic E-state index is 0.0727. The van der Waals surface area contributed by atoms with E-state index >= 15 is 0 Å². The molecular formula is C20H20FN5O4. The van der Waals surface area contributed by atoms with Crippen molar-refractivity contribution in [3.63, 3.8) is 0 Å². The summed E-state index contributed by atoms with van der Waals surface area (Å²) in [5.41, 5.74) is 6.43. The van der Waals surface area contributed by atoms with Gasteiger partial charge in [-0.25, -0.2) is 23.9 Å². The minimum atomic E-state index is -0.790. The summed E-state index contributed by atoms with van der Waals surface area (Å²) in [6.07, 6.45) is 3.64. The third-order valence-electron chi connectivity index (χ3n) is 3.91. The van der Waals surface area contributed by atoms with Crippen LogP contribution in [0.4, 0.5) is 15.0 Å². The van der Waals surface area contributed by atoms with Crippen LogP contribution in [0.5, 0.6) is 0 Å². The topological polar surface area (TPSA) is 122 Å². The lowest BCUT2D eigenvalue weighted by atomic mass is 10.1. The van der Waals surface area contributed by atoms with Crippen LogP contribution in [-0.2, 0) is 9.47 Å². The van der Waals surface area contributed by atoms with Gasteiger partial charge in [0.15, 0.2) is 0 Å². The molecule has 0 aliphatic carbocycles. The Hall–Kier alpha value is -3.82. The number of carbonyl (C=O) groups excluding carboxylic acids is 2. The summed E-state index contributed by atoms with van der Waals surface area (Å²) in [6, 6.07) is 3.90. The van der Waals surface area contributed by atoms with Gasteiger partial charge in [-0.3, -0.25) is 0 Å². The Labute approximate surface area is 171 Å². The quantitative estimate of drug-likeness (QED) is 0.649. The number of aromatic nitrogens is 4. The summed E-state index contributed by atoms with van der Waals surface area (Å²) in [5, 5.41) is 3.99. The summed E-state index contributed by atoms with van der Waals surface area (Å²) in [5.74, 6) is -1.49. The van der Waals surface area contributed by atoms with Crippen LogP contribution in [0, 0.1) is 5.82 Å². The molecule has 0 spiro atoms. The van der Waals surface area contributed by atoms with E-state index in [1.807, 2.05) is 0 Å². The first-order chi connectivity index (χ1) is 14.1. The number of esters is 1. The highest BCUT2D eigenvalue weighted by atomic mass is 19.1. The first kappa shape index (κ1) is 20.9. The number of anilines is 1. The SMILES string of the molecule is COC(=O)c1ccc(-c2nc(-c3cnn(C(=O)OC(C)(C)C)c3)cnc2N)cc1F. The number of halogens is 1. The Bertz CT molecular complexity index is 1120. The number of nitrogens with two attached hydrogens (primary N) is 1. The molecule has 156 valence electrons. The van der Waals surface area contributed by atoms with Crippen molar-refractivity contribution in [2.24, 2.45) is 0 Å². The predicted molar refractivity (Wildman–Crippen MR) is 106 cm³/mol. The maximum Gasteiger partial charge on any atom is 0.435 e. The highest BCUT2D eigenvalue weighted by Gasteiger charge is 2.20. The van der Waals surface area contributed by atoms with E-state index in [1.165, 1.54) is 37.8 Å². The smallest absolute Gasteiger partial charge is 0.435 e. The molecule has 0 saturated heterocycles. The number of hydrogen-bond acceptors (Lipinski definition) is 8. The zero-order chi connectivity index (χ0) is 22.1. The molecule has 0 atom stereocenters. The van der Waals surface area contributed by atoms with E-state index in [1.54, 1.807) is 20.8 Å². The first-order valence-corrected chi connectivity index (χ1v) is 8.88. The van der Waals surface area contributed by atoms with Gasteiger partial charge >= 0.3 is 12.1 Å². The van der Waals surface area contributed by atoms with Crippen LogP contribution < -0.4 is 5.73 Å². The van der Waals surface area contributed by atoms with Crippen molar-refractivity contribution >= 4 is 17.9 Å². The van der Waals surface area contributed by atoms with E-state index < -0.39 is 23.5 Å². The largest absolute Gasteiger partial charge is 0.465 e. The summed E-state index contributed by atoms with van der Waals surface area (Å²) in [4.78, 5) is 32.2. The summed E-state index contributed by atoms with van der Waals surface area (Å²) < 4.78 is 25.1. The van der Waals surface area contributed by atoms with Gasteiger partial charge in [0.25, 0.3) is 0 Å². The Balaban J connectivity index is 1.94. The first-order valence-electron chi connectivity index (χ1n) is 8.88. The van der Waals surface area contributed by atoms with Crippen LogP contribution in [0.1, 0.15) is 31.1 Å². The van der Waals surface area contributed by atoms with E-state index in [4.69, 9.17) is 10.5 Å². The molecule has 2 heterocycles. The second-order valence-corrected chi connectivity index (χ2v) is 7.33. The molecule has 10 heteroatoms. The molecule has 30 heavy (non-hydrogen) atoms. The highest BCUT2D eigenvalue weighted by molar-refractivity contribution is 5.90. The minimum Gasteiger partial charge on any atom is -0.465 e. The van der Waals surface area contributed by atoms with Gasteiger partial charge in [-0.2, -0.15) is 9.78 Å². The fourth-order valence-corrected chi connectivity index (χ4v) is 2.55. The van der Waals surface area contributed by atoms with E-state index in [9.17, 15) is 14.0 Å². The third-order valence-corrected chi connectivity index (χ3v) is 3.91. The van der Waals surface area contributed by atoms with Gasteiger partial charge in [-0.1, -0.05) is 6.07 Å². The molecule has 3 rings (SSSR count). The fourth-order valence-electron chi connectivity index (χ4n) is 2.55. The van der Waals surface area contributed by atoms with E-state index in [-0.39, 0.29) is 17.1 Å². The molecule has 9 nitrogen and oxygen atoms in total. The number of nitrogens with zero attached hydrogens (tertiary/aromatic N) is 4. The molecule has 0 amide bonds. The van der Waals surface area contributed by atoms with Crippen molar-refractivity contribution in [2.45, 2.75) is 26.4 Å². The van der Waals surface area contributed by atoms with E-state index in [0.717, 1.165) is 10.7 Å². The Kier molecular flexibility index (Phi) is 5.50. The number of benzene rings is 1. The summed E-state index contributed by atoms with van der Waals surface area (Å²) >= 11 is 0. The number of carbonyl (C=O) groups is 2. The Morgan fingerprint density at radius 3 is 2.53 bits per heavy atom. The predicted octanol–water partition coefficient (Wildman–Crippen LogP) is 3.30. The summed E-state index contributed by atoms with van der Waals surface area (Å²) in [6.45, 7) is 5.24. The van der Waals surface area contributed by atoms with Gasteiger partial charge in [-0.15, -0.1) is 0 Å². The standard InChI is InChI=1S/C20H20FN5O4/c1-20(2,3)30-19(28)26-10-12(8-24-26)15-9-23-17(22)16(25-15)11-5-6-13(14(21)7-11)18(27)29-4/h5-10H,1-4H3,(H2,22,23). The lowest BCUT2D eigenvalue weighted by Gasteiger charge is -2.18. The fraction of sp³-hybridized carbons (Fsp3) is 0.250. The number of hydrogen-bond donors (Lipinski definition) is 1. The molecule has 0 bridgehead atoms. The molecule has 1 aromatic carbocycles. The molecular weight excluding hydrogens is 393 g/mol. The summed E-state index contributed by atoms with van der Waals surface area (Å²) in [7, 11) is 1.17. The van der Waals surface area contributed by atoms with Crippen molar-refractivity contribution in [3.05, 3.63) is 48.2 Å². The van der Waals surface area contributed by atoms with Crippen molar-refractivity contribution in [1.29, 1.82) is 0 Å². The van der Waals surface area contributed by atoms with Gasteiger partial charge in [0.1, 0.15) is 22.9 Å². The molecule has 0 radical (unpaired) electrons. The number of rotatable bonds is 3. The highest BCUT2D eigenvalue weighted by Crippen LogP contribution is 2.27. The maximum absolute atomic E-state index is 14.3. The Morgan fingerprint density at radius 2 is 1.90 bits per heavy atom. The van der Waals surface area contributed by atoms with Crippen LogP contribution in [0.3, 0.4) is 0 Å². The zero-order valence-corrected chi connectivity index (χ0v) is 16.8. The van der Waals surface area contributed by atoms with Gasteiger partial charge in [0.05, 0.1) is 30.8 Å². The molecule has 0 fully saturated rings. The van der Waals surface area contributed by atoms with Crippen molar-refractivity contribution < 1.29 is 23.5 Å². The maximum atomic E-state index is 14.3. The number of methoxy groups -OCH3 is 1. The van der Waals surface area contributed by atoms with Crippen LogP contribution in [0.25, 0.3) is 22.5 Å². The molecule has 0 unspecified atom stereocenters. The molecule has 0 aliphatic rings. The van der Waals surface area contributed by atoms with Crippen LogP contribution in [0.15, 0.2) is 36.8 Å². The molecule has 0 aliphatic heterocycles. The van der Waals surface area contributed by atoms with Crippen molar-refractivity contribution in [2.75, 3.05) is 12.8 Å². The van der Waals surface area contributed by atoms with Crippen LogP contribution >= 0.6 is 0 Å². The van der Waals surface area contributed by atoms with E-state index in [2.05, 4.69) is 19.8 Å². The second kappa shape index (κ2) is 7.90. The number of nitrogen functional groups attached to an aromatic ring is 1. The van der Waals surface area contributed by atoms with Gasteiger partial charge in [0.2, 0.25) is 0 Å². The van der Waals surface area contributed by atoms with Crippen molar-refractivity contribution in [1.82, 2.24) is 19.7 Å². The zero-order valence-electron chi connectivity index (χ0n) is 16.8. The van der Waals surface area contributed by atoms with Crippen molar-refractivity contribution in [3.8, 4) is 22.5 Å². The molecule has 3 aromatic rings. The van der Waals surface area contributed by atoms with E-state index in [0.29, 0.717) is 16.8 Å². The van der Waals surface area contributed by atoms with Crippen LogP contribution in [0.2, 0.25) is 0 Å². The Morgan fingerprint density at radius 1 is 1.17 bits per heavy atom. The van der Waals surface area contributed by atoms with Gasteiger partial charge in [-0.05, 0) is 32.9 Å². The van der Waals surface area contributed by atoms with Gasteiger partial charge in [0, 0.05) is 17.3 Å². The average molecular weight is 413 g/mol. The third kappa shape index (κ3) is 4.43. The molecule has 2 aromatic heterocycles.